The lowest BCUT2D eigenvalue weighted by atomic mass is 10.1. The van der Waals surface area contributed by atoms with Gasteiger partial charge in [0.2, 0.25) is 21.8 Å². The molecule has 1 atom stereocenters. The second kappa shape index (κ2) is 12.7. The van der Waals surface area contributed by atoms with Crippen molar-refractivity contribution < 1.29 is 22.9 Å². The van der Waals surface area contributed by atoms with Crippen molar-refractivity contribution in [3.05, 3.63) is 68.7 Å². The van der Waals surface area contributed by atoms with E-state index in [0.29, 0.717) is 35.5 Å². The number of non-ortho nitro benzene ring substituents is 1. The first kappa shape index (κ1) is 29.1. The number of hydrogen-bond acceptors (Lipinski definition) is 6. The zero-order valence-electron chi connectivity index (χ0n) is 20.7. The molecule has 2 amide bonds. The van der Waals surface area contributed by atoms with E-state index in [1.54, 1.807) is 38.1 Å². The van der Waals surface area contributed by atoms with Gasteiger partial charge in [-0.05, 0) is 43.0 Å². The zero-order chi connectivity index (χ0) is 27.0. The highest BCUT2D eigenvalue weighted by atomic mass is 35.5. The number of carbonyl (C=O) groups is 2. The lowest BCUT2D eigenvalue weighted by Gasteiger charge is -2.33. The normalized spacial score (nSPS) is 12.0. The molecule has 0 fully saturated rings. The first-order valence-corrected chi connectivity index (χ1v) is 13.7. The number of benzene rings is 2. The second-order valence-electron chi connectivity index (χ2n) is 8.36. The fourth-order valence-corrected chi connectivity index (χ4v) is 4.67. The lowest BCUT2D eigenvalue weighted by Crippen LogP contribution is -2.52. The highest BCUT2D eigenvalue weighted by Crippen LogP contribution is 2.28. The van der Waals surface area contributed by atoms with Crippen LogP contribution in [-0.4, -0.2) is 55.4 Å². The molecule has 0 unspecified atom stereocenters. The fraction of sp³-hybridized carbons (Fsp3) is 0.417. The molecule has 2 rings (SSSR count). The Hall–Kier alpha value is -3.18. The van der Waals surface area contributed by atoms with Crippen LogP contribution in [0.4, 0.5) is 11.4 Å². The highest BCUT2D eigenvalue weighted by Gasteiger charge is 2.32. The molecule has 0 aliphatic carbocycles. The van der Waals surface area contributed by atoms with Crippen LogP contribution in [0.5, 0.6) is 0 Å². The van der Waals surface area contributed by atoms with Crippen molar-refractivity contribution >= 4 is 44.8 Å². The van der Waals surface area contributed by atoms with Crippen LogP contribution >= 0.6 is 11.6 Å². The lowest BCUT2D eigenvalue weighted by molar-refractivity contribution is -0.384. The Bertz CT molecular complexity index is 1200. The highest BCUT2D eigenvalue weighted by molar-refractivity contribution is 7.92. The van der Waals surface area contributed by atoms with Gasteiger partial charge in [-0.2, -0.15) is 0 Å². The van der Waals surface area contributed by atoms with Gasteiger partial charge < -0.3 is 10.2 Å². The molecular formula is C24H31ClN4O6S. The summed E-state index contributed by atoms with van der Waals surface area (Å²) in [6.07, 6.45) is 1.93. The van der Waals surface area contributed by atoms with Crippen molar-refractivity contribution in [2.45, 2.75) is 46.2 Å². The van der Waals surface area contributed by atoms with Gasteiger partial charge in [0.25, 0.3) is 5.69 Å². The van der Waals surface area contributed by atoms with Crippen LogP contribution in [0.15, 0.2) is 42.5 Å². The summed E-state index contributed by atoms with van der Waals surface area (Å²) < 4.78 is 26.3. The molecular weight excluding hydrogens is 508 g/mol. The van der Waals surface area contributed by atoms with Crippen molar-refractivity contribution in [2.75, 3.05) is 23.7 Å². The summed E-state index contributed by atoms with van der Waals surface area (Å²) in [5, 5.41) is 14.6. The van der Waals surface area contributed by atoms with E-state index in [2.05, 4.69) is 5.32 Å². The van der Waals surface area contributed by atoms with Gasteiger partial charge in [0.05, 0.1) is 16.9 Å². The Labute approximate surface area is 216 Å². The summed E-state index contributed by atoms with van der Waals surface area (Å²) >= 11 is 5.98. The third-order valence-electron chi connectivity index (χ3n) is 5.55. The van der Waals surface area contributed by atoms with Crippen LogP contribution in [0.3, 0.4) is 0 Å². The molecule has 12 heteroatoms. The van der Waals surface area contributed by atoms with Crippen LogP contribution in [0.2, 0.25) is 5.02 Å². The number of sulfonamides is 1. The van der Waals surface area contributed by atoms with Gasteiger partial charge in [-0.1, -0.05) is 43.6 Å². The van der Waals surface area contributed by atoms with Crippen molar-refractivity contribution in [1.29, 1.82) is 0 Å². The predicted molar refractivity (Wildman–Crippen MR) is 139 cm³/mol. The Morgan fingerprint density at radius 2 is 1.78 bits per heavy atom. The maximum atomic E-state index is 13.6. The Morgan fingerprint density at radius 3 is 2.31 bits per heavy atom. The van der Waals surface area contributed by atoms with E-state index in [1.807, 2.05) is 6.92 Å². The van der Waals surface area contributed by atoms with Gasteiger partial charge >= 0.3 is 0 Å². The van der Waals surface area contributed by atoms with Crippen LogP contribution < -0.4 is 9.62 Å². The molecule has 0 saturated carbocycles. The number of nitro benzene ring substituents is 1. The fourth-order valence-electron chi connectivity index (χ4n) is 3.65. The molecule has 2 aromatic carbocycles. The van der Waals surface area contributed by atoms with Gasteiger partial charge in [-0.3, -0.25) is 24.0 Å². The van der Waals surface area contributed by atoms with E-state index in [4.69, 9.17) is 11.6 Å². The molecule has 2 aromatic rings. The standard InChI is InChI=1S/C24H31ClN4O6S/c1-5-13-26-24(31)21(6-2)27(15-18-8-10-19(25)11-9-18)23(30)16-28(36(4,34)35)22-14-20(29(32)33)12-7-17(22)3/h7-12,14,21H,5-6,13,15-16H2,1-4H3,(H,26,31)/t21-/m1/s1. The van der Waals surface area contributed by atoms with E-state index in [9.17, 15) is 28.1 Å². The zero-order valence-corrected chi connectivity index (χ0v) is 22.3. The van der Waals surface area contributed by atoms with Gasteiger partial charge in [0, 0.05) is 30.2 Å². The second-order valence-corrected chi connectivity index (χ2v) is 10.7. The molecule has 196 valence electrons. The summed E-state index contributed by atoms with van der Waals surface area (Å²) in [5.74, 6) is -0.973. The van der Waals surface area contributed by atoms with Gasteiger partial charge in [-0.25, -0.2) is 8.42 Å². The van der Waals surface area contributed by atoms with Crippen molar-refractivity contribution in [2.24, 2.45) is 0 Å². The minimum atomic E-state index is -4.01. The first-order valence-electron chi connectivity index (χ1n) is 11.4. The Kier molecular flexibility index (Phi) is 10.2. The summed E-state index contributed by atoms with van der Waals surface area (Å²) in [7, 11) is -4.01. The third-order valence-corrected chi connectivity index (χ3v) is 6.93. The number of aryl methyl sites for hydroxylation is 1. The van der Waals surface area contributed by atoms with Crippen LogP contribution in [0.1, 0.15) is 37.8 Å². The smallest absolute Gasteiger partial charge is 0.271 e. The molecule has 0 saturated heterocycles. The van der Waals surface area contributed by atoms with E-state index in [0.717, 1.165) is 16.6 Å². The number of nitrogens with zero attached hydrogens (tertiary/aromatic N) is 3. The topological polar surface area (TPSA) is 130 Å². The molecule has 36 heavy (non-hydrogen) atoms. The number of nitrogens with one attached hydrogen (secondary N) is 1. The van der Waals surface area contributed by atoms with Crippen LogP contribution in [0, 0.1) is 17.0 Å². The largest absolute Gasteiger partial charge is 0.354 e. The minimum absolute atomic E-state index is 0.0231. The molecule has 0 aliphatic rings. The van der Waals surface area contributed by atoms with Gasteiger partial charge in [-0.15, -0.1) is 0 Å². The van der Waals surface area contributed by atoms with E-state index < -0.39 is 33.4 Å². The number of carbonyl (C=O) groups excluding carboxylic acids is 2. The number of rotatable bonds is 12. The summed E-state index contributed by atoms with van der Waals surface area (Å²) in [4.78, 5) is 38.5. The molecule has 0 aromatic heterocycles. The number of hydrogen-bond donors (Lipinski definition) is 1. The van der Waals surface area contributed by atoms with E-state index in [-0.39, 0.29) is 23.8 Å². The molecule has 0 bridgehead atoms. The molecule has 0 aliphatic heterocycles. The molecule has 0 heterocycles. The predicted octanol–water partition coefficient (Wildman–Crippen LogP) is 3.66. The average molecular weight is 539 g/mol. The Morgan fingerprint density at radius 1 is 1.14 bits per heavy atom. The molecule has 1 N–H and O–H groups in total. The van der Waals surface area contributed by atoms with E-state index in [1.165, 1.54) is 17.0 Å². The maximum Gasteiger partial charge on any atom is 0.271 e. The number of amides is 2. The van der Waals surface area contributed by atoms with E-state index >= 15 is 0 Å². The third kappa shape index (κ3) is 7.66. The number of anilines is 1. The molecule has 0 spiro atoms. The number of nitro groups is 1. The van der Waals surface area contributed by atoms with Gasteiger partial charge in [0.1, 0.15) is 12.6 Å². The monoisotopic (exact) mass is 538 g/mol. The quantitative estimate of drug-likeness (QED) is 0.324. The minimum Gasteiger partial charge on any atom is -0.354 e. The molecule has 10 nitrogen and oxygen atoms in total. The molecule has 0 radical (unpaired) electrons. The van der Waals surface area contributed by atoms with Crippen molar-refractivity contribution in [1.82, 2.24) is 10.2 Å². The van der Waals surface area contributed by atoms with Crippen molar-refractivity contribution in [3.8, 4) is 0 Å². The van der Waals surface area contributed by atoms with Gasteiger partial charge in [0.15, 0.2) is 0 Å². The SMILES string of the molecule is CCCNC(=O)[C@@H](CC)N(Cc1ccc(Cl)cc1)C(=O)CN(c1cc([N+](=O)[O-])ccc1C)S(C)(=O)=O. The summed E-state index contributed by atoms with van der Waals surface area (Å²) in [5.41, 5.74) is 0.859. The summed E-state index contributed by atoms with van der Waals surface area (Å²) in [6.45, 7) is 5.10. The summed E-state index contributed by atoms with van der Waals surface area (Å²) in [6, 6.07) is 9.72. The average Bonchev–Trinajstić information content (AvgIpc) is 2.81. The van der Waals surface area contributed by atoms with Crippen molar-refractivity contribution in [3.63, 3.8) is 0 Å². The maximum absolute atomic E-state index is 13.6. The van der Waals surface area contributed by atoms with Crippen LogP contribution in [0.25, 0.3) is 0 Å². The number of halogens is 1. The van der Waals surface area contributed by atoms with Crippen LogP contribution in [-0.2, 0) is 26.2 Å². The Balaban J connectivity index is 2.50. The first-order chi connectivity index (χ1) is 16.9.